The Morgan fingerprint density at radius 2 is 1.95 bits per heavy atom. The topological polar surface area (TPSA) is 100 Å². The number of amides is 1. The number of piperidine rings is 2. The van der Waals surface area contributed by atoms with Crippen molar-refractivity contribution in [2.24, 2.45) is 5.92 Å². The van der Waals surface area contributed by atoms with E-state index in [1.807, 2.05) is 11.9 Å². The Labute approximate surface area is 247 Å². The number of hydrogen-bond donors (Lipinski definition) is 5. The van der Waals surface area contributed by atoms with Crippen molar-refractivity contribution in [3.8, 4) is 0 Å². The lowest BCUT2D eigenvalue weighted by atomic mass is 9.85. The Bertz CT molecular complexity index is 1340. The van der Waals surface area contributed by atoms with Gasteiger partial charge in [0, 0.05) is 41.4 Å². The number of benzene rings is 1. The van der Waals surface area contributed by atoms with Gasteiger partial charge in [-0.25, -0.2) is 4.39 Å². The summed E-state index contributed by atoms with van der Waals surface area (Å²) in [5.41, 5.74) is 1.29. The first-order chi connectivity index (χ1) is 20.3. The fourth-order valence-electron chi connectivity index (χ4n) is 7.78. The number of allylic oxidation sites excluding steroid dienone is 1. The zero-order valence-electron chi connectivity index (χ0n) is 24.7. The Morgan fingerprint density at radius 1 is 1.12 bits per heavy atom. The third-order valence-corrected chi connectivity index (χ3v) is 10.3. The molecule has 42 heavy (non-hydrogen) atoms. The highest BCUT2D eigenvalue weighted by atomic mass is 19.1. The van der Waals surface area contributed by atoms with Crippen LogP contribution in [0.15, 0.2) is 42.4 Å². The van der Waals surface area contributed by atoms with Crippen LogP contribution in [0.4, 0.5) is 10.1 Å². The first-order valence-electron chi connectivity index (χ1n) is 15.7. The van der Waals surface area contributed by atoms with Gasteiger partial charge < -0.3 is 19.9 Å². The second kappa shape index (κ2) is 11.2. The normalized spacial score (nSPS) is 36.7. The molecule has 5 unspecified atom stereocenters. The van der Waals surface area contributed by atoms with E-state index in [0.717, 1.165) is 38.0 Å². The molecule has 11 heteroatoms. The quantitative estimate of drug-likeness (QED) is 0.378. The summed E-state index contributed by atoms with van der Waals surface area (Å²) in [4.78, 5) is 16.0. The number of likely N-dealkylation sites (tertiary alicyclic amines) is 1. The van der Waals surface area contributed by atoms with Gasteiger partial charge >= 0.3 is 0 Å². The molecule has 6 atom stereocenters. The Morgan fingerprint density at radius 3 is 2.79 bits per heavy atom. The average Bonchev–Trinajstić information content (AvgIpc) is 3.51. The summed E-state index contributed by atoms with van der Waals surface area (Å²) in [5.74, 6) is -0.747. The Hall–Kier alpha value is -2.54. The predicted octanol–water partition coefficient (Wildman–Crippen LogP) is 2.66. The van der Waals surface area contributed by atoms with Crippen LogP contribution in [0.2, 0.25) is 0 Å². The number of carbonyl (C=O) groups is 1. The van der Waals surface area contributed by atoms with Gasteiger partial charge in [0.2, 0.25) is 5.91 Å². The lowest BCUT2D eigenvalue weighted by Gasteiger charge is -2.47. The molecule has 1 amide bonds. The number of fused-ring (bicyclic) bond motifs is 7. The van der Waals surface area contributed by atoms with Gasteiger partial charge in [-0.3, -0.25) is 25.8 Å². The van der Waals surface area contributed by atoms with Crippen LogP contribution in [-0.4, -0.2) is 94.0 Å². The third-order valence-electron chi connectivity index (χ3n) is 10.3. The van der Waals surface area contributed by atoms with E-state index in [9.17, 15) is 9.90 Å². The fourth-order valence-corrected chi connectivity index (χ4v) is 7.78. The summed E-state index contributed by atoms with van der Waals surface area (Å²) in [5, 5.41) is 30.4. The minimum atomic E-state index is -0.954. The summed E-state index contributed by atoms with van der Waals surface area (Å²) in [6, 6.07) is 9.12. The van der Waals surface area contributed by atoms with Crippen molar-refractivity contribution in [1.82, 2.24) is 35.4 Å². The van der Waals surface area contributed by atoms with Gasteiger partial charge in [-0.1, -0.05) is 6.08 Å². The van der Waals surface area contributed by atoms with Crippen molar-refractivity contribution in [1.29, 1.82) is 0 Å². The van der Waals surface area contributed by atoms with E-state index in [4.69, 9.17) is 0 Å². The van der Waals surface area contributed by atoms with Gasteiger partial charge in [-0.2, -0.15) is 5.01 Å². The van der Waals surface area contributed by atoms with Crippen LogP contribution < -0.4 is 21.3 Å². The van der Waals surface area contributed by atoms with E-state index in [2.05, 4.69) is 68.2 Å². The third kappa shape index (κ3) is 5.24. The van der Waals surface area contributed by atoms with Crippen LogP contribution in [-0.2, 0) is 4.79 Å². The van der Waals surface area contributed by atoms with Gasteiger partial charge in [-0.05, 0) is 96.3 Å². The first kappa shape index (κ1) is 28.2. The molecule has 1 aromatic carbocycles. The summed E-state index contributed by atoms with van der Waals surface area (Å²) < 4.78 is 17.5. The molecule has 2 bridgehead atoms. The molecule has 0 radical (unpaired) electrons. The lowest BCUT2D eigenvalue weighted by Crippen LogP contribution is -2.69. The summed E-state index contributed by atoms with van der Waals surface area (Å²) >= 11 is 0. The molecule has 228 valence electrons. The number of hydrazine groups is 1. The fraction of sp³-hybridized carbons (Fsp3) is 0.645. The number of nitrogens with zero attached hydrogens (tertiary/aromatic N) is 4. The maximum absolute atomic E-state index is 15.1. The average molecular weight is 581 g/mol. The number of aliphatic hydroxyl groups is 1. The molecule has 5 aliphatic heterocycles. The van der Waals surface area contributed by atoms with Crippen LogP contribution in [0.3, 0.4) is 0 Å². The van der Waals surface area contributed by atoms with E-state index < -0.39 is 5.60 Å². The lowest BCUT2D eigenvalue weighted by molar-refractivity contribution is -0.147. The SMILES string of the molecule is CN1CCC(n2ccc3cc(NC4NCC5C(=O)N6C/C(F)=C\CC[C@@](C)(O)C7CCCC(N7)N6C5N4)ccc32)CC1. The van der Waals surface area contributed by atoms with Crippen LogP contribution in [0.1, 0.15) is 57.9 Å². The van der Waals surface area contributed by atoms with Crippen molar-refractivity contribution in [2.45, 2.75) is 88.2 Å². The summed E-state index contributed by atoms with van der Waals surface area (Å²) in [6.45, 7) is 4.49. The Balaban J connectivity index is 1.10. The molecule has 0 saturated carbocycles. The van der Waals surface area contributed by atoms with E-state index in [0.29, 0.717) is 25.4 Å². The van der Waals surface area contributed by atoms with Crippen molar-refractivity contribution in [2.75, 3.05) is 38.5 Å². The van der Waals surface area contributed by atoms with Gasteiger partial charge in [0.05, 0.1) is 30.4 Å². The summed E-state index contributed by atoms with van der Waals surface area (Å²) in [6.07, 6.45) is 8.85. The van der Waals surface area contributed by atoms with E-state index >= 15 is 4.39 Å². The number of nitrogens with one attached hydrogen (secondary N) is 4. The number of halogens is 1. The molecule has 4 saturated heterocycles. The zero-order valence-corrected chi connectivity index (χ0v) is 24.7. The molecular weight excluding hydrogens is 535 g/mol. The van der Waals surface area contributed by atoms with Crippen LogP contribution in [0.5, 0.6) is 0 Å². The second-order valence-corrected chi connectivity index (χ2v) is 13.2. The molecule has 10 nitrogen and oxygen atoms in total. The molecule has 1 aromatic heterocycles. The number of aromatic nitrogens is 1. The molecule has 4 fully saturated rings. The second-order valence-electron chi connectivity index (χ2n) is 13.2. The molecule has 0 aliphatic carbocycles. The number of carbonyl (C=O) groups excluding carboxylic acids is 1. The van der Waals surface area contributed by atoms with Crippen LogP contribution >= 0.6 is 0 Å². The zero-order chi connectivity index (χ0) is 29.0. The number of anilines is 1. The molecule has 2 aromatic rings. The molecule has 7 rings (SSSR count). The minimum absolute atomic E-state index is 0.0754. The van der Waals surface area contributed by atoms with Crippen LogP contribution in [0, 0.1) is 5.92 Å². The van der Waals surface area contributed by atoms with Crippen molar-refractivity contribution in [3.05, 3.63) is 42.4 Å². The van der Waals surface area contributed by atoms with Crippen molar-refractivity contribution >= 4 is 22.5 Å². The highest BCUT2D eigenvalue weighted by molar-refractivity contribution is 5.84. The van der Waals surface area contributed by atoms with Gasteiger partial charge in [0.1, 0.15) is 12.1 Å². The minimum Gasteiger partial charge on any atom is -0.389 e. The highest BCUT2D eigenvalue weighted by Crippen LogP contribution is 2.35. The van der Waals surface area contributed by atoms with Gasteiger partial charge in [-0.15, -0.1) is 0 Å². The number of hydrogen-bond acceptors (Lipinski definition) is 8. The predicted molar refractivity (Wildman–Crippen MR) is 161 cm³/mol. The van der Waals surface area contributed by atoms with Gasteiger partial charge in [0.25, 0.3) is 0 Å². The van der Waals surface area contributed by atoms with Crippen molar-refractivity contribution < 1.29 is 14.3 Å². The highest BCUT2D eigenvalue weighted by Gasteiger charge is 2.53. The Kier molecular flexibility index (Phi) is 7.52. The largest absolute Gasteiger partial charge is 0.389 e. The summed E-state index contributed by atoms with van der Waals surface area (Å²) in [7, 11) is 2.19. The molecule has 0 spiro atoms. The van der Waals surface area contributed by atoms with E-state index in [-0.39, 0.29) is 48.9 Å². The monoisotopic (exact) mass is 580 g/mol. The molecule has 5 aliphatic rings. The van der Waals surface area contributed by atoms with Crippen molar-refractivity contribution in [3.63, 3.8) is 0 Å². The molecule has 6 heterocycles. The number of rotatable bonds is 3. The maximum Gasteiger partial charge on any atom is 0.244 e. The molecule has 5 N–H and O–H groups in total. The standard InChI is InChI=1S/C31H45FN8O2/c1-31(42)13-4-5-21(32)19-39-29(41)24-18-33-30(36-28(24)40(39)27-7-3-6-26(31)35-27)34-22-8-9-25-20(17-22)10-16-38(25)23-11-14-37(2)15-12-23/h5,8-10,16-17,23-24,26-28,30,33-36,42H,3-4,6-7,11-15,18-19H2,1-2H3/b21-5+/t24?,26?,27?,28?,30?,31-/m1/s1. The smallest absolute Gasteiger partial charge is 0.244 e. The first-order valence-corrected chi connectivity index (χ1v) is 15.7. The van der Waals surface area contributed by atoms with E-state index in [1.165, 1.54) is 29.8 Å². The van der Waals surface area contributed by atoms with Gasteiger partial charge in [0.15, 0.2) is 0 Å². The van der Waals surface area contributed by atoms with E-state index in [1.54, 1.807) is 5.01 Å². The van der Waals surface area contributed by atoms with Crippen LogP contribution in [0.25, 0.3) is 10.9 Å². The maximum atomic E-state index is 15.1. The molecular formula is C31H45FN8O2.